The first kappa shape index (κ1) is 11.5. The summed E-state index contributed by atoms with van der Waals surface area (Å²) in [5.41, 5.74) is 4.02. The molecule has 2 aliphatic heterocycles. The highest BCUT2D eigenvalue weighted by Gasteiger charge is 2.55. The van der Waals surface area contributed by atoms with E-state index in [4.69, 9.17) is 5.73 Å². The Labute approximate surface area is 91.0 Å². The van der Waals surface area contributed by atoms with Gasteiger partial charge in [-0.05, 0) is 12.8 Å². The number of piperazine rings is 1. The van der Waals surface area contributed by atoms with E-state index in [2.05, 4.69) is 5.32 Å². The number of halogens is 3. The largest absolute Gasteiger partial charge is 0.391 e. The zero-order valence-electron chi connectivity index (χ0n) is 8.68. The third kappa shape index (κ3) is 1.83. The van der Waals surface area contributed by atoms with Crippen LogP contribution in [0.3, 0.4) is 0 Å². The molecule has 2 bridgehead atoms. The summed E-state index contributed by atoms with van der Waals surface area (Å²) >= 11 is 0. The van der Waals surface area contributed by atoms with Gasteiger partial charge in [0.25, 0.3) is 0 Å². The number of carbonyl (C=O) groups excluding carboxylic acids is 1. The van der Waals surface area contributed by atoms with Crippen LogP contribution in [0.25, 0.3) is 0 Å². The van der Waals surface area contributed by atoms with E-state index in [0.717, 1.165) is 0 Å². The molecular weight excluding hydrogens is 223 g/mol. The number of nitrogens with zero attached hydrogens (tertiary/aromatic N) is 1. The van der Waals surface area contributed by atoms with Gasteiger partial charge in [-0.25, -0.2) is 4.79 Å². The molecule has 7 heteroatoms. The Morgan fingerprint density at radius 3 is 2.81 bits per heavy atom. The first-order valence-electron chi connectivity index (χ1n) is 5.20. The predicted octanol–water partition coefficient (Wildman–Crippen LogP) is 0.824. The first-order valence-corrected chi connectivity index (χ1v) is 5.20. The van der Waals surface area contributed by atoms with Crippen molar-refractivity contribution in [1.29, 1.82) is 0 Å². The maximum absolute atomic E-state index is 12.5. The van der Waals surface area contributed by atoms with Crippen LogP contribution in [0.15, 0.2) is 0 Å². The van der Waals surface area contributed by atoms with Crippen molar-refractivity contribution in [3.05, 3.63) is 0 Å². The number of nitrogens with one attached hydrogen (secondary N) is 1. The summed E-state index contributed by atoms with van der Waals surface area (Å²) in [5.74, 6) is 0. The van der Waals surface area contributed by atoms with Gasteiger partial charge >= 0.3 is 12.2 Å². The van der Waals surface area contributed by atoms with E-state index >= 15 is 0 Å². The van der Waals surface area contributed by atoms with Crippen molar-refractivity contribution in [2.24, 2.45) is 5.73 Å². The minimum atomic E-state index is -4.28. The van der Waals surface area contributed by atoms with Crippen LogP contribution < -0.4 is 11.1 Å². The normalized spacial score (nSPS) is 34.2. The summed E-state index contributed by atoms with van der Waals surface area (Å²) in [6, 6.07) is -0.929. The third-order valence-corrected chi connectivity index (χ3v) is 3.42. The van der Waals surface area contributed by atoms with E-state index in [-0.39, 0.29) is 12.6 Å². The van der Waals surface area contributed by atoms with Gasteiger partial charge in [0.2, 0.25) is 0 Å². The number of rotatable bonds is 1. The van der Waals surface area contributed by atoms with Crippen molar-refractivity contribution in [3.63, 3.8) is 0 Å². The van der Waals surface area contributed by atoms with Crippen LogP contribution in [-0.2, 0) is 0 Å². The molecule has 0 spiro atoms. The molecule has 2 amide bonds. The van der Waals surface area contributed by atoms with Crippen LogP contribution in [-0.4, -0.2) is 41.8 Å². The molecule has 0 aromatic rings. The van der Waals surface area contributed by atoms with Crippen LogP contribution in [0.1, 0.15) is 19.3 Å². The van der Waals surface area contributed by atoms with Gasteiger partial charge in [0.1, 0.15) is 0 Å². The van der Waals surface area contributed by atoms with Crippen molar-refractivity contribution in [2.75, 3.05) is 13.1 Å². The van der Waals surface area contributed by atoms with Gasteiger partial charge in [0.05, 0.1) is 12.0 Å². The smallest absolute Gasteiger partial charge is 0.351 e. The van der Waals surface area contributed by atoms with Crippen LogP contribution >= 0.6 is 0 Å². The molecular formula is C9H14F3N3O. The van der Waals surface area contributed by atoms with Crippen molar-refractivity contribution >= 4 is 6.03 Å². The maximum atomic E-state index is 12.5. The standard InChI is InChI=1S/C9H14F3N3O/c10-9(11,12)4-8-2-1-6(3-14-5-8)15(8)7(13)16/h6,14H,1-5H2,(H2,13,16). The Kier molecular flexibility index (Phi) is 2.52. The minimum Gasteiger partial charge on any atom is -0.351 e. The van der Waals surface area contributed by atoms with Gasteiger partial charge < -0.3 is 16.0 Å². The topological polar surface area (TPSA) is 58.4 Å². The number of hydrogen-bond donors (Lipinski definition) is 2. The number of amides is 2. The number of carbonyl (C=O) groups is 1. The van der Waals surface area contributed by atoms with Gasteiger partial charge in [0.15, 0.2) is 0 Å². The molecule has 92 valence electrons. The number of hydrogen-bond acceptors (Lipinski definition) is 2. The van der Waals surface area contributed by atoms with Crippen molar-refractivity contribution in [2.45, 2.75) is 37.0 Å². The second-order valence-electron chi connectivity index (χ2n) is 4.55. The first-order chi connectivity index (χ1) is 7.34. The summed E-state index contributed by atoms with van der Waals surface area (Å²) in [7, 11) is 0. The molecule has 0 radical (unpaired) electrons. The summed E-state index contributed by atoms with van der Waals surface area (Å²) in [4.78, 5) is 12.5. The van der Waals surface area contributed by atoms with Crippen molar-refractivity contribution in [3.8, 4) is 0 Å². The fraction of sp³-hybridized carbons (Fsp3) is 0.889. The Balaban J connectivity index is 2.25. The molecule has 0 saturated carbocycles. The van der Waals surface area contributed by atoms with E-state index in [0.29, 0.717) is 19.4 Å². The third-order valence-electron chi connectivity index (χ3n) is 3.42. The molecule has 0 aromatic heterocycles. The van der Waals surface area contributed by atoms with Gasteiger partial charge in [-0.15, -0.1) is 0 Å². The van der Waals surface area contributed by atoms with Crippen LogP contribution in [0, 0.1) is 0 Å². The monoisotopic (exact) mass is 237 g/mol. The lowest BCUT2D eigenvalue weighted by molar-refractivity contribution is -0.158. The highest BCUT2D eigenvalue weighted by atomic mass is 19.4. The van der Waals surface area contributed by atoms with Gasteiger partial charge in [-0.2, -0.15) is 13.2 Å². The minimum absolute atomic E-state index is 0.173. The summed E-state index contributed by atoms with van der Waals surface area (Å²) in [6.07, 6.45) is -4.30. The molecule has 2 aliphatic rings. The second-order valence-corrected chi connectivity index (χ2v) is 4.55. The highest BCUT2D eigenvalue weighted by molar-refractivity contribution is 5.74. The highest BCUT2D eigenvalue weighted by Crippen LogP contribution is 2.42. The van der Waals surface area contributed by atoms with Gasteiger partial charge in [-0.3, -0.25) is 0 Å². The Morgan fingerprint density at radius 2 is 2.25 bits per heavy atom. The van der Waals surface area contributed by atoms with Crippen molar-refractivity contribution in [1.82, 2.24) is 10.2 Å². The number of nitrogens with two attached hydrogens (primary N) is 1. The van der Waals surface area contributed by atoms with Crippen LogP contribution in [0.4, 0.5) is 18.0 Å². The lowest BCUT2D eigenvalue weighted by Gasteiger charge is -2.44. The molecule has 2 atom stereocenters. The van der Waals surface area contributed by atoms with Crippen molar-refractivity contribution < 1.29 is 18.0 Å². The lowest BCUT2D eigenvalue weighted by Crippen LogP contribution is -2.64. The average Bonchev–Trinajstić information content (AvgIpc) is 2.31. The van der Waals surface area contributed by atoms with E-state index in [1.54, 1.807) is 0 Å². The molecule has 16 heavy (non-hydrogen) atoms. The van der Waals surface area contributed by atoms with E-state index in [1.165, 1.54) is 4.90 Å². The van der Waals surface area contributed by atoms with Crippen LogP contribution in [0.2, 0.25) is 0 Å². The lowest BCUT2D eigenvalue weighted by atomic mass is 9.91. The molecule has 0 aromatic carbocycles. The Morgan fingerprint density at radius 1 is 1.56 bits per heavy atom. The molecule has 2 rings (SSSR count). The van der Waals surface area contributed by atoms with E-state index < -0.39 is 24.2 Å². The summed E-state index contributed by atoms with van der Waals surface area (Å²) < 4.78 is 37.6. The Hall–Kier alpha value is -0.980. The predicted molar refractivity (Wildman–Crippen MR) is 50.7 cm³/mol. The number of primary amides is 1. The molecule has 2 unspecified atom stereocenters. The van der Waals surface area contributed by atoms with Crippen LogP contribution in [0.5, 0.6) is 0 Å². The van der Waals surface area contributed by atoms with Gasteiger partial charge in [-0.1, -0.05) is 0 Å². The van der Waals surface area contributed by atoms with Gasteiger partial charge in [0, 0.05) is 19.1 Å². The Bertz CT molecular complexity index is 303. The average molecular weight is 237 g/mol. The van der Waals surface area contributed by atoms with E-state index in [1.807, 2.05) is 0 Å². The second kappa shape index (κ2) is 3.51. The SMILES string of the molecule is NC(=O)N1C2CCC1(CC(F)(F)F)CNC2. The van der Waals surface area contributed by atoms with E-state index in [9.17, 15) is 18.0 Å². The molecule has 3 N–H and O–H groups in total. The molecule has 4 nitrogen and oxygen atoms in total. The quantitative estimate of drug-likeness (QED) is 0.709. The number of alkyl halides is 3. The maximum Gasteiger partial charge on any atom is 0.391 e. The summed E-state index contributed by atoms with van der Waals surface area (Å²) in [5, 5.41) is 2.95. The molecule has 2 fully saturated rings. The molecule has 2 heterocycles. The number of fused-ring (bicyclic) bond motifs is 2. The summed E-state index contributed by atoms with van der Waals surface area (Å²) in [6.45, 7) is 0.703. The fourth-order valence-corrected chi connectivity index (χ4v) is 2.93. The fourth-order valence-electron chi connectivity index (χ4n) is 2.93. The number of urea groups is 1. The zero-order chi connectivity index (χ0) is 12.0. The molecule has 0 aliphatic carbocycles. The zero-order valence-corrected chi connectivity index (χ0v) is 8.68. The molecule has 2 saturated heterocycles.